The maximum absolute atomic E-state index is 13.2. The van der Waals surface area contributed by atoms with Gasteiger partial charge in [0.05, 0.1) is 5.60 Å². The minimum absolute atomic E-state index is 0.0713. The molecule has 0 unspecified atom stereocenters. The van der Waals surface area contributed by atoms with Gasteiger partial charge in [-0.25, -0.2) is 0 Å². The van der Waals surface area contributed by atoms with Crippen molar-refractivity contribution >= 4 is 5.91 Å². The highest BCUT2D eigenvalue weighted by molar-refractivity contribution is 5.94. The van der Waals surface area contributed by atoms with Gasteiger partial charge in [0.25, 0.3) is 5.91 Å². The van der Waals surface area contributed by atoms with Crippen LogP contribution in [-0.4, -0.2) is 22.2 Å². The first-order chi connectivity index (χ1) is 14.6. The van der Waals surface area contributed by atoms with Crippen LogP contribution >= 0.6 is 0 Å². The summed E-state index contributed by atoms with van der Waals surface area (Å²) in [5, 5.41) is 14.7. The Kier molecular flexibility index (Phi) is 4.76. The first-order valence-electron chi connectivity index (χ1n) is 12.5. The largest absolute Gasteiger partial charge is 0.386 e. The highest BCUT2D eigenvalue weighted by Crippen LogP contribution is 2.71. The number of rotatable bonds is 3. The molecule has 31 heavy (non-hydrogen) atoms. The minimum atomic E-state index is -0.615. The van der Waals surface area contributed by atoms with Crippen molar-refractivity contribution in [3.05, 3.63) is 47.5 Å². The van der Waals surface area contributed by atoms with Crippen molar-refractivity contribution in [1.82, 2.24) is 5.32 Å². The van der Waals surface area contributed by atoms with Gasteiger partial charge in [-0.05, 0) is 111 Å². The maximum atomic E-state index is 13.2. The molecule has 3 heteroatoms. The van der Waals surface area contributed by atoms with Gasteiger partial charge in [0.2, 0.25) is 0 Å². The highest BCUT2D eigenvalue weighted by atomic mass is 16.3. The number of carbonyl (C=O) groups is 1. The second kappa shape index (κ2) is 6.94. The molecule has 1 aromatic rings. The lowest BCUT2D eigenvalue weighted by Gasteiger charge is -2.64. The number of hydrogen-bond acceptors (Lipinski definition) is 2. The molecule has 5 rings (SSSR count). The molecule has 2 N–H and O–H groups in total. The quantitative estimate of drug-likeness (QED) is 0.605. The van der Waals surface area contributed by atoms with Gasteiger partial charge in [0, 0.05) is 11.1 Å². The Bertz CT molecular complexity index is 906. The number of aliphatic hydroxyl groups is 1. The molecule has 6 atom stereocenters. The van der Waals surface area contributed by atoms with Crippen LogP contribution in [0.3, 0.4) is 0 Å². The molecule has 4 aliphatic carbocycles. The van der Waals surface area contributed by atoms with Crippen LogP contribution in [0.1, 0.15) is 94.5 Å². The van der Waals surface area contributed by atoms with Gasteiger partial charge in [0.1, 0.15) is 0 Å². The van der Waals surface area contributed by atoms with Gasteiger partial charge in [-0.15, -0.1) is 0 Å². The average Bonchev–Trinajstić information content (AvgIpc) is 2.91. The summed E-state index contributed by atoms with van der Waals surface area (Å²) in [6.45, 7) is 11.2. The minimum Gasteiger partial charge on any atom is -0.386 e. The third-order valence-corrected chi connectivity index (χ3v) is 10.2. The fourth-order valence-electron chi connectivity index (χ4n) is 8.72. The second-order valence-electron chi connectivity index (χ2n) is 11.8. The van der Waals surface area contributed by atoms with E-state index in [9.17, 15) is 9.90 Å². The summed E-state index contributed by atoms with van der Waals surface area (Å²) < 4.78 is 0. The van der Waals surface area contributed by atoms with Crippen molar-refractivity contribution in [2.75, 3.05) is 0 Å². The van der Waals surface area contributed by atoms with Crippen molar-refractivity contribution in [1.29, 1.82) is 0 Å². The van der Waals surface area contributed by atoms with Crippen LogP contribution in [0, 0.1) is 22.7 Å². The number of nitrogens with one attached hydrogen (secondary N) is 1. The van der Waals surface area contributed by atoms with Gasteiger partial charge < -0.3 is 10.4 Å². The van der Waals surface area contributed by atoms with E-state index in [-0.39, 0.29) is 22.3 Å². The summed E-state index contributed by atoms with van der Waals surface area (Å²) in [5.41, 5.74) is 2.78. The SMILES string of the molecule is C=C1C[C@@]23CC[C@H]4[C@@](C)(CCC[C@@]4(C)NC(=O)c4ccc(CC)cc4)[C@@H]2CC[C@]1(O)C3. The van der Waals surface area contributed by atoms with Crippen molar-refractivity contribution in [3.63, 3.8) is 0 Å². The van der Waals surface area contributed by atoms with Crippen LogP contribution < -0.4 is 5.32 Å². The van der Waals surface area contributed by atoms with E-state index in [1.54, 1.807) is 0 Å². The molecule has 4 aliphatic rings. The summed E-state index contributed by atoms with van der Waals surface area (Å²) in [6.07, 6.45) is 10.6. The van der Waals surface area contributed by atoms with Crippen LogP contribution in [0.2, 0.25) is 0 Å². The monoisotopic (exact) mass is 421 g/mol. The molecule has 0 aromatic heterocycles. The highest BCUT2D eigenvalue weighted by Gasteiger charge is 2.66. The lowest BCUT2D eigenvalue weighted by molar-refractivity contribution is -0.148. The van der Waals surface area contributed by atoms with E-state index >= 15 is 0 Å². The summed E-state index contributed by atoms with van der Waals surface area (Å²) in [6, 6.07) is 8.09. The van der Waals surface area contributed by atoms with E-state index in [0.29, 0.717) is 11.8 Å². The lowest BCUT2D eigenvalue weighted by atomic mass is 9.42. The fraction of sp³-hybridized carbons (Fsp3) is 0.679. The van der Waals surface area contributed by atoms with Crippen molar-refractivity contribution in [2.45, 2.75) is 96.1 Å². The molecular weight excluding hydrogens is 382 g/mol. The molecule has 3 nitrogen and oxygen atoms in total. The molecule has 0 heterocycles. The molecule has 1 spiro atoms. The topological polar surface area (TPSA) is 49.3 Å². The number of benzene rings is 1. The predicted octanol–water partition coefficient (Wildman–Crippen LogP) is 5.82. The molecule has 1 amide bonds. The molecule has 0 radical (unpaired) electrons. The molecule has 4 saturated carbocycles. The molecule has 2 bridgehead atoms. The normalized spacial score (nSPS) is 43.8. The van der Waals surface area contributed by atoms with Gasteiger partial charge >= 0.3 is 0 Å². The van der Waals surface area contributed by atoms with E-state index in [1.807, 2.05) is 12.1 Å². The van der Waals surface area contributed by atoms with Gasteiger partial charge in [-0.1, -0.05) is 39.0 Å². The third kappa shape index (κ3) is 3.06. The van der Waals surface area contributed by atoms with Crippen molar-refractivity contribution < 1.29 is 9.90 Å². The Morgan fingerprint density at radius 3 is 2.52 bits per heavy atom. The van der Waals surface area contributed by atoms with E-state index in [1.165, 1.54) is 12.0 Å². The van der Waals surface area contributed by atoms with E-state index < -0.39 is 5.60 Å². The molecule has 0 aliphatic heterocycles. The number of aryl methyl sites for hydroxylation is 1. The summed E-state index contributed by atoms with van der Waals surface area (Å²) in [5.74, 6) is 1.18. The first-order valence-corrected chi connectivity index (χ1v) is 12.5. The first kappa shape index (κ1) is 21.2. The number of hydrogen-bond donors (Lipinski definition) is 2. The van der Waals surface area contributed by atoms with Crippen LogP contribution in [0.5, 0.6) is 0 Å². The van der Waals surface area contributed by atoms with E-state index in [4.69, 9.17) is 0 Å². The lowest BCUT2D eigenvalue weighted by Crippen LogP contribution is -2.64. The van der Waals surface area contributed by atoms with Gasteiger partial charge in [-0.2, -0.15) is 0 Å². The summed E-state index contributed by atoms with van der Waals surface area (Å²) >= 11 is 0. The van der Waals surface area contributed by atoms with E-state index in [2.05, 4.69) is 44.8 Å². The van der Waals surface area contributed by atoms with Crippen molar-refractivity contribution in [3.8, 4) is 0 Å². The van der Waals surface area contributed by atoms with Crippen LogP contribution in [0.4, 0.5) is 0 Å². The zero-order valence-electron chi connectivity index (χ0n) is 19.6. The smallest absolute Gasteiger partial charge is 0.251 e. The molecule has 0 saturated heterocycles. The second-order valence-corrected chi connectivity index (χ2v) is 11.8. The Morgan fingerprint density at radius 1 is 1.10 bits per heavy atom. The fourth-order valence-corrected chi connectivity index (χ4v) is 8.72. The number of fused-ring (bicyclic) bond motifs is 3. The standard InChI is InChI=1S/C28H39NO2/c1-5-20-7-9-21(10-8-20)24(30)29-26(4)14-6-13-25(3)22(26)11-15-27-17-19(2)28(31,18-27)16-12-23(25)27/h7-10,22-23,31H,2,5-6,11-18H2,1,3-4H3,(H,29,30)/t22-,23-,25+,26+,27+,28-/m0/s1. The zero-order chi connectivity index (χ0) is 22.1. The molecule has 168 valence electrons. The molecule has 1 aromatic carbocycles. The Hall–Kier alpha value is -1.61. The summed E-state index contributed by atoms with van der Waals surface area (Å²) in [4.78, 5) is 13.2. The van der Waals surface area contributed by atoms with Crippen molar-refractivity contribution in [2.24, 2.45) is 22.7 Å². The molecule has 4 fully saturated rings. The van der Waals surface area contributed by atoms with Gasteiger partial charge in [0.15, 0.2) is 0 Å². The van der Waals surface area contributed by atoms with Crippen LogP contribution in [0.25, 0.3) is 0 Å². The third-order valence-electron chi connectivity index (χ3n) is 10.2. The summed E-state index contributed by atoms with van der Waals surface area (Å²) in [7, 11) is 0. The number of amides is 1. The average molecular weight is 422 g/mol. The zero-order valence-corrected chi connectivity index (χ0v) is 19.6. The van der Waals surface area contributed by atoms with Gasteiger partial charge in [-0.3, -0.25) is 4.79 Å². The van der Waals surface area contributed by atoms with Crippen LogP contribution in [0.15, 0.2) is 36.4 Å². The van der Waals surface area contributed by atoms with E-state index in [0.717, 1.165) is 68.9 Å². The Labute approximate surface area is 187 Å². The predicted molar refractivity (Wildman–Crippen MR) is 125 cm³/mol. The number of carbonyl (C=O) groups excluding carboxylic acids is 1. The Morgan fingerprint density at radius 2 is 1.81 bits per heavy atom. The maximum Gasteiger partial charge on any atom is 0.251 e. The Balaban J connectivity index is 1.41. The molecular formula is C28H39NO2. The van der Waals surface area contributed by atoms with Crippen LogP contribution in [-0.2, 0) is 6.42 Å².